The topological polar surface area (TPSA) is 71.5 Å². The van der Waals surface area contributed by atoms with Crippen molar-refractivity contribution in [2.45, 2.75) is 32.2 Å². The highest BCUT2D eigenvalue weighted by Crippen LogP contribution is 2.33. The number of alkyl halides is 3. The molecule has 0 saturated heterocycles. The van der Waals surface area contributed by atoms with Crippen LogP contribution in [-0.2, 0) is 17.8 Å². The Morgan fingerprint density at radius 1 is 1.21 bits per heavy atom. The Hall–Kier alpha value is -2.62. The summed E-state index contributed by atoms with van der Waals surface area (Å²) in [5.74, 6) is -0.576. The van der Waals surface area contributed by atoms with Gasteiger partial charge in [-0.05, 0) is 37.1 Å². The Morgan fingerprint density at radius 2 is 1.93 bits per heavy atom. The summed E-state index contributed by atoms with van der Waals surface area (Å²) in [6.07, 6.45) is -2.39. The lowest BCUT2D eigenvalue weighted by Crippen LogP contribution is -2.35. The van der Waals surface area contributed by atoms with Crippen LogP contribution >= 0.6 is 11.3 Å². The summed E-state index contributed by atoms with van der Waals surface area (Å²) >= 11 is 1.35. The Bertz CT molecular complexity index is 907. The van der Waals surface area contributed by atoms with E-state index in [1.807, 2.05) is 0 Å². The number of thiazole rings is 1. The van der Waals surface area contributed by atoms with Crippen molar-refractivity contribution in [3.05, 3.63) is 40.4 Å². The molecule has 1 aliphatic carbocycles. The number of carbonyl (C=O) groups excluding carboxylic acids is 2. The number of benzene rings is 1. The first-order valence-electron chi connectivity index (χ1n) is 8.73. The minimum Gasteiger partial charge on any atom is -0.406 e. The number of nitrogens with zero attached hydrogens (tertiary/aromatic N) is 2. The smallest absolute Gasteiger partial charge is 0.406 e. The van der Waals surface area contributed by atoms with Crippen molar-refractivity contribution in [2.75, 3.05) is 11.9 Å². The monoisotopic (exact) mass is 411 g/mol. The number of amides is 2. The Kier molecular flexibility index (Phi) is 4.74. The average molecular weight is 411 g/mol. The highest BCUT2D eigenvalue weighted by Gasteiger charge is 2.32. The molecule has 0 spiro atoms. The number of halogens is 3. The fraction of sp³-hybridized carbons (Fsp3) is 0.389. The van der Waals surface area contributed by atoms with Crippen molar-refractivity contribution in [1.82, 2.24) is 9.88 Å². The zero-order valence-electron chi connectivity index (χ0n) is 14.6. The van der Waals surface area contributed by atoms with Gasteiger partial charge in [0.25, 0.3) is 5.91 Å². The molecule has 1 aromatic carbocycles. The van der Waals surface area contributed by atoms with E-state index in [1.54, 1.807) is 4.90 Å². The number of nitrogens with one attached hydrogen (secondary N) is 1. The van der Waals surface area contributed by atoms with Crippen LogP contribution < -0.4 is 10.1 Å². The molecular weight excluding hydrogens is 395 g/mol. The molecule has 0 bridgehead atoms. The molecular formula is C18H16F3N3O3S. The Balaban J connectivity index is 1.41. The molecule has 2 aliphatic rings. The van der Waals surface area contributed by atoms with Crippen LogP contribution in [0.15, 0.2) is 24.3 Å². The largest absolute Gasteiger partial charge is 0.573 e. The first kappa shape index (κ1) is 18.7. The van der Waals surface area contributed by atoms with Gasteiger partial charge < -0.3 is 15.0 Å². The molecule has 28 heavy (non-hydrogen) atoms. The zero-order valence-corrected chi connectivity index (χ0v) is 15.4. The van der Waals surface area contributed by atoms with Gasteiger partial charge in [0.2, 0.25) is 5.91 Å². The second-order valence-electron chi connectivity index (χ2n) is 6.70. The number of hydrogen-bond donors (Lipinski definition) is 1. The summed E-state index contributed by atoms with van der Waals surface area (Å²) in [6.45, 7) is 0.804. The van der Waals surface area contributed by atoms with Crippen LogP contribution in [0.1, 0.15) is 33.8 Å². The number of anilines is 1. The van der Waals surface area contributed by atoms with E-state index in [9.17, 15) is 22.8 Å². The highest BCUT2D eigenvalue weighted by atomic mass is 32.1. The molecule has 0 atom stereocenters. The van der Waals surface area contributed by atoms with Crippen molar-refractivity contribution < 1.29 is 27.5 Å². The molecule has 148 valence electrons. The van der Waals surface area contributed by atoms with Gasteiger partial charge in [0.05, 0.1) is 12.2 Å². The van der Waals surface area contributed by atoms with Crippen LogP contribution in [0.3, 0.4) is 0 Å². The minimum absolute atomic E-state index is 0.0137. The average Bonchev–Trinajstić information content (AvgIpc) is 3.41. The van der Waals surface area contributed by atoms with Crippen molar-refractivity contribution in [2.24, 2.45) is 5.92 Å². The van der Waals surface area contributed by atoms with Gasteiger partial charge in [-0.15, -0.1) is 13.2 Å². The number of hydrogen-bond acceptors (Lipinski definition) is 5. The number of rotatable bonds is 4. The molecule has 2 heterocycles. The van der Waals surface area contributed by atoms with Gasteiger partial charge >= 0.3 is 6.36 Å². The molecule has 1 aliphatic heterocycles. The van der Waals surface area contributed by atoms with Crippen LogP contribution in [0, 0.1) is 5.92 Å². The quantitative estimate of drug-likeness (QED) is 0.835. The second-order valence-corrected chi connectivity index (χ2v) is 7.78. The van der Waals surface area contributed by atoms with E-state index < -0.39 is 6.36 Å². The van der Waals surface area contributed by atoms with E-state index in [-0.39, 0.29) is 29.0 Å². The fourth-order valence-electron chi connectivity index (χ4n) is 2.96. The van der Waals surface area contributed by atoms with Gasteiger partial charge in [0.1, 0.15) is 5.75 Å². The predicted molar refractivity (Wildman–Crippen MR) is 95.0 cm³/mol. The van der Waals surface area contributed by atoms with Crippen LogP contribution in [0.5, 0.6) is 5.75 Å². The summed E-state index contributed by atoms with van der Waals surface area (Å²) in [6, 6.07) is 4.86. The van der Waals surface area contributed by atoms with E-state index in [4.69, 9.17) is 0 Å². The zero-order chi connectivity index (χ0) is 19.9. The summed E-state index contributed by atoms with van der Waals surface area (Å²) in [7, 11) is 0. The van der Waals surface area contributed by atoms with Crippen LogP contribution in [0.2, 0.25) is 0 Å². The van der Waals surface area contributed by atoms with Gasteiger partial charge in [0, 0.05) is 29.3 Å². The molecule has 4 rings (SSSR count). The first-order chi connectivity index (χ1) is 13.3. The summed E-state index contributed by atoms with van der Waals surface area (Å²) < 4.78 is 40.5. The third-order valence-electron chi connectivity index (χ3n) is 4.53. The van der Waals surface area contributed by atoms with Gasteiger partial charge in [0.15, 0.2) is 5.13 Å². The molecule has 2 amide bonds. The first-order valence-corrected chi connectivity index (χ1v) is 9.55. The maximum Gasteiger partial charge on any atom is 0.573 e. The maximum atomic E-state index is 12.7. The Labute approximate surface area is 162 Å². The van der Waals surface area contributed by atoms with E-state index >= 15 is 0 Å². The Morgan fingerprint density at radius 3 is 2.57 bits per heavy atom. The second kappa shape index (κ2) is 7.08. The van der Waals surface area contributed by atoms with E-state index in [0.29, 0.717) is 24.6 Å². The highest BCUT2D eigenvalue weighted by molar-refractivity contribution is 7.15. The van der Waals surface area contributed by atoms with Crippen LogP contribution in [-0.4, -0.2) is 34.6 Å². The number of aromatic nitrogens is 1. The van der Waals surface area contributed by atoms with Crippen molar-refractivity contribution in [1.29, 1.82) is 0 Å². The van der Waals surface area contributed by atoms with E-state index in [1.165, 1.54) is 23.5 Å². The summed E-state index contributed by atoms with van der Waals surface area (Å²) in [5, 5.41) is 3.37. The normalized spacial score (nSPS) is 16.5. The predicted octanol–water partition coefficient (Wildman–Crippen LogP) is 3.59. The molecule has 2 aromatic rings. The van der Waals surface area contributed by atoms with Gasteiger partial charge in [-0.25, -0.2) is 4.98 Å². The summed E-state index contributed by atoms with van der Waals surface area (Å²) in [5.41, 5.74) is 1.15. The van der Waals surface area contributed by atoms with Crippen LogP contribution in [0.25, 0.3) is 0 Å². The van der Waals surface area contributed by atoms with E-state index in [2.05, 4.69) is 15.0 Å². The molecule has 10 heteroatoms. The number of fused-ring (bicyclic) bond motifs is 1. The molecule has 6 nitrogen and oxygen atoms in total. The van der Waals surface area contributed by atoms with Gasteiger partial charge in [-0.3, -0.25) is 9.59 Å². The SMILES string of the molecule is O=C(Nc1nc2c(s1)CN(C(=O)c1ccc(OC(F)(F)F)cc1)CC2)C1CC1. The minimum atomic E-state index is -4.77. The number of carbonyl (C=O) groups is 2. The molecule has 0 unspecified atom stereocenters. The molecule has 0 radical (unpaired) electrons. The van der Waals surface area contributed by atoms with Gasteiger partial charge in [-0.1, -0.05) is 11.3 Å². The lowest BCUT2D eigenvalue weighted by Gasteiger charge is -2.26. The molecule has 1 saturated carbocycles. The third kappa shape index (κ3) is 4.27. The van der Waals surface area contributed by atoms with Crippen molar-refractivity contribution in [3.63, 3.8) is 0 Å². The maximum absolute atomic E-state index is 12.7. The summed E-state index contributed by atoms with van der Waals surface area (Å²) in [4.78, 5) is 31.5. The standard InChI is InChI=1S/C18H16F3N3O3S/c19-18(20,21)27-12-5-3-11(4-6-12)16(26)24-8-7-13-14(9-24)28-17(22-13)23-15(25)10-1-2-10/h3-6,10H,1-2,7-9H2,(H,22,23,25). The third-order valence-corrected chi connectivity index (χ3v) is 5.53. The molecule has 1 N–H and O–H groups in total. The molecule has 1 fully saturated rings. The van der Waals surface area contributed by atoms with Crippen LogP contribution in [0.4, 0.5) is 18.3 Å². The van der Waals surface area contributed by atoms with Gasteiger partial charge in [-0.2, -0.15) is 0 Å². The number of ether oxygens (including phenoxy) is 1. The lowest BCUT2D eigenvalue weighted by molar-refractivity contribution is -0.274. The lowest BCUT2D eigenvalue weighted by atomic mass is 10.1. The fourth-order valence-corrected chi connectivity index (χ4v) is 3.98. The molecule has 1 aromatic heterocycles. The van der Waals surface area contributed by atoms with Crippen molar-refractivity contribution >= 4 is 28.3 Å². The van der Waals surface area contributed by atoms with Crippen molar-refractivity contribution in [3.8, 4) is 5.75 Å². The van der Waals surface area contributed by atoms with E-state index in [0.717, 1.165) is 35.5 Å².